The van der Waals surface area contributed by atoms with E-state index in [1.165, 1.54) is 0 Å². The highest BCUT2D eigenvalue weighted by Crippen LogP contribution is 2.32. The Morgan fingerprint density at radius 2 is 2.25 bits per heavy atom. The summed E-state index contributed by atoms with van der Waals surface area (Å²) in [4.78, 5) is 26.7. The highest BCUT2D eigenvalue weighted by molar-refractivity contribution is 5.98. The van der Waals surface area contributed by atoms with Gasteiger partial charge in [-0.1, -0.05) is 0 Å². The third-order valence-electron chi connectivity index (χ3n) is 4.84. The number of rotatable bonds is 3. The summed E-state index contributed by atoms with van der Waals surface area (Å²) in [6.45, 7) is 3.75. The molecule has 0 aliphatic carbocycles. The second-order valence-corrected chi connectivity index (χ2v) is 6.26. The Kier molecular flexibility index (Phi) is 3.80. The fourth-order valence-electron chi connectivity index (χ4n) is 3.60. The molecule has 4 rings (SSSR count). The number of carbonyl (C=O) groups excluding carboxylic acids is 1. The van der Waals surface area contributed by atoms with Crippen LogP contribution in [0.3, 0.4) is 0 Å². The number of nitrogens with zero attached hydrogens (tertiary/aromatic N) is 4. The van der Waals surface area contributed by atoms with E-state index in [1.807, 2.05) is 29.6 Å². The van der Waals surface area contributed by atoms with Crippen LogP contribution in [0.4, 0.5) is 0 Å². The van der Waals surface area contributed by atoms with Crippen LogP contribution in [-0.2, 0) is 6.54 Å². The number of piperidine rings is 1. The van der Waals surface area contributed by atoms with Crippen molar-refractivity contribution in [1.82, 2.24) is 24.4 Å². The number of aromatic nitrogens is 4. The Morgan fingerprint density at radius 3 is 3.08 bits per heavy atom. The maximum absolute atomic E-state index is 13.1. The molecule has 0 radical (unpaired) electrons. The molecule has 6 heteroatoms. The number of hydrogen-bond donors (Lipinski definition) is 1. The summed E-state index contributed by atoms with van der Waals surface area (Å²) in [7, 11) is 0. The predicted octanol–water partition coefficient (Wildman–Crippen LogP) is 3.15. The first-order chi connectivity index (χ1) is 11.8. The highest BCUT2D eigenvalue weighted by Gasteiger charge is 2.31. The molecule has 1 aliphatic rings. The van der Waals surface area contributed by atoms with Gasteiger partial charge in [0.15, 0.2) is 0 Å². The molecule has 0 spiro atoms. The number of likely N-dealkylation sites (tertiary alicyclic amines) is 1. The zero-order chi connectivity index (χ0) is 16.5. The molecule has 124 valence electrons. The first-order valence-electron chi connectivity index (χ1n) is 8.51. The van der Waals surface area contributed by atoms with Crippen LogP contribution in [-0.4, -0.2) is 36.9 Å². The Morgan fingerprint density at radius 1 is 1.33 bits per heavy atom. The molecule has 0 aromatic carbocycles. The summed E-state index contributed by atoms with van der Waals surface area (Å²) >= 11 is 0. The molecule has 1 fully saturated rings. The van der Waals surface area contributed by atoms with Crippen molar-refractivity contribution in [2.24, 2.45) is 0 Å². The normalized spacial score (nSPS) is 18.2. The molecule has 4 heterocycles. The lowest BCUT2D eigenvalue weighted by molar-refractivity contribution is 0.0596. The summed E-state index contributed by atoms with van der Waals surface area (Å²) < 4.78 is 2.13. The zero-order valence-corrected chi connectivity index (χ0v) is 13.8. The first-order valence-corrected chi connectivity index (χ1v) is 8.51. The molecular formula is C18H21N5O. The number of nitrogens with one attached hydrogen (secondary N) is 1. The second kappa shape index (κ2) is 6.11. The molecule has 0 saturated carbocycles. The number of amides is 1. The van der Waals surface area contributed by atoms with Crippen LogP contribution in [0.2, 0.25) is 0 Å². The number of aromatic amines is 1. The number of H-pyrrole nitrogens is 1. The van der Waals surface area contributed by atoms with Crippen molar-refractivity contribution >= 4 is 16.8 Å². The van der Waals surface area contributed by atoms with Crippen LogP contribution in [0.15, 0.2) is 37.1 Å². The van der Waals surface area contributed by atoms with E-state index in [9.17, 15) is 4.79 Å². The van der Waals surface area contributed by atoms with Gasteiger partial charge < -0.3 is 14.5 Å². The van der Waals surface area contributed by atoms with E-state index in [2.05, 4.69) is 26.4 Å². The SMILES string of the molecule is CCn1cncc1C1CCCCN1C(=O)c1cc2cnccc2[nH]1. The molecule has 1 atom stereocenters. The lowest BCUT2D eigenvalue weighted by atomic mass is 9.99. The van der Waals surface area contributed by atoms with E-state index in [-0.39, 0.29) is 11.9 Å². The second-order valence-electron chi connectivity index (χ2n) is 6.26. The summed E-state index contributed by atoms with van der Waals surface area (Å²) in [5, 5.41) is 0.966. The third kappa shape index (κ3) is 2.48. The summed E-state index contributed by atoms with van der Waals surface area (Å²) in [6, 6.07) is 3.89. The number of pyridine rings is 1. The Bertz CT molecular complexity index is 832. The number of aryl methyl sites for hydroxylation is 1. The quantitative estimate of drug-likeness (QED) is 0.805. The molecule has 1 saturated heterocycles. The van der Waals surface area contributed by atoms with Crippen LogP contribution in [0, 0.1) is 0 Å². The van der Waals surface area contributed by atoms with E-state index in [0.717, 1.165) is 48.9 Å². The number of imidazole rings is 1. The molecule has 0 bridgehead atoms. The summed E-state index contributed by atoms with van der Waals surface area (Å²) in [6.07, 6.45) is 10.4. The molecule has 24 heavy (non-hydrogen) atoms. The van der Waals surface area contributed by atoms with Gasteiger partial charge in [-0.3, -0.25) is 9.78 Å². The average Bonchev–Trinajstić information content (AvgIpc) is 3.27. The van der Waals surface area contributed by atoms with E-state index in [4.69, 9.17) is 0 Å². The van der Waals surface area contributed by atoms with Gasteiger partial charge in [-0.15, -0.1) is 0 Å². The van der Waals surface area contributed by atoms with E-state index in [0.29, 0.717) is 5.69 Å². The minimum absolute atomic E-state index is 0.0553. The molecule has 3 aromatic rings. The van der Waals surface area contributed by atoms with Crippen LogP contribution in [0.5, 0.6) is 0 Å². The Balaban J connectivity index is 1.68. The third-order valence-corrected chi connectivity index (χ3v) is 4.84. The largest absolute Gasteiger partial charge is 0.350 e. The minimum atomic E-state index is 0.0553. The van der Waals surface area contributed by atoms with Crippen molar-refractivity contribution in [3.05, 3.63) is 48.4 Å². The van der Waals surface area contributed by atoms with Crippen molar-refractivity contribution in [3.8, 4) is 0 Å². The molecule has 1 amide bonds. The van der Waals surface area contributed by atoms with Gasteiger partial charge in [0.2, 0.25) is 0 Å². The van der Waals surface area contributed by atoms with Gasteiger partial charge in [-0.2, -0.15) is 0 Å². The molecule has 6 nitrogen and oxygen atoms in total. The van der Waals surface area contributed by atoms with Gasteiger partial charge in [-0.25, -0.2) is 4.98 Å². The lowest BCUT2D eigenvalue weighted by Gasteiger charge is -2.35. The maximum Gasteiger partial charge on any atom is 0.270 e. The van der Waals surface area contributed by atoms with Crippen molar-refractivity contribution in [1.29, 1.82) is 0 Å². The molecule has 1 aliphatic heterocycles. The topological polar surface area (TPSA) is 66.8 Å². The Labute approximate surface area is 140 Å². The van der Waals surface area contributed by atoms with Crippen LogP contribution >= 0.6 is 0 Å². The van der Waals surface area contributed by atoms with Gasteiger partial charge in [0.1, 0.15) is 5.69 Å². The number of fused-ring (bicyclic) bond motifs is 1. The summed E-state index contributed by atoms with van der Waals surface area (Å²) in [5.74, 6) is 0.0553. The fraction of sp³-hybridized carbons (Fsp3) is 0.389. The number of hydrogen-bond acceptors (Lipinski definition) is 3. The van der Waals surface area contributed by atoms with Crippen LogP contribution in [0.25, 0.3) is 10.9 Å². The van der Waals surface area contributed by atoms with E-state index >= 15 is 0 Å². The molecule has 1 N–H and O–H groups in total. The van der Waals surface area contributed by atoms with Crippen molar-refractivity contribution < 1.29 is 4.79 Å². The molecule has 3 aromatic heterocycles. The molecule has 1 unspecified atom stereocenters. The summed E-state index contributed by atoms with van der Waals surface area (Å²) in [5.41, 5.74) is 2.70. The zero-order valence-electron chi connectivity index (χ0n) is 13.8. The van der Waals surface area contributed by atoms with Gasteiger partial charge in [0.25, 0.3) is 5.91 Å². The van der Waals surface area contributed by atoms with Crippen molar-refractivity contribution in [3.63, 3.8) is 0 Å². The average molecular weight is 323 g/mol. The predicted molar refractivity (Wildman–Crippen MR) is 91.6 cm³/mol. The van der Waals surface area contributed by atoms with Crippen molar-refractivity contribution in [2.45, 2.75) is 38.8 Å². The van der Waals surface area contributed by atoms with Crippen molar-refractivity contribution in [2.75, 3.05) is 6.54 Å². The van der Waals surface area contributed by atoms with Crippen LogP contribution < -0.4 is 0 Å². The number of carbonyl (C=O) groups is 1. The van der Waals surface area contributed by atoms with Gasteiger partial charge in [0, 0.05) is 36.4 Å². The maximum atomic E-state index is 13.1. The van der Waals surface area contributed by atoms with Gasteiger partial charge >= 0.3 is 0 Å². The standard InChI is InChI=1S/C18H21N5O/c1-2-22-12-20-11-17(22)16-5-3-4-8-23(16)18(24)15-9-13-10-19-7-6-14(13)21-15/h6-7,9-12,16,21H,2-5,8H2,1H3. The van der Waals surface area contributed by atoms with E-state index in [1.54, 1.807) is 12.4 Å². The monoisotopic (exact) mass is 323 g/mol. The lowest BCUT2D eigenvalue weighted by Crippen LogP contribution is -2.39. The van der Waals surface area contributed by atoms with Crippen LogP contribution in [0.1, 0.15) is 48.4 Å². The van der Waals surface area contributed by atoms with E-state index < -0.39 is 0 Å². The molecular weight excluding hydrogens is 302 g/mol. The fourth-order valence-corrected chi connectivity index (χ4v) is 3.60. The minimum Gasteiger partial charge on any atom is -0.350 e. The van der Waals surface area contributed by atoms with Gasteiger partial charge in [-0.05, 0) is 38.3 Å². The first kappa shape index (κ1) is 14.9. The highest BCUT2D eigenvalue weighted by atomic mass is 16.2. The Hall–Kier alpha value is -2.63. The van der Waals surface area contributed by atoms with Gasteiger partial charge in [0.05, 0.1) is 24.3 Å². The smallest absolute Gasteiger partial charge is 0.270 e.